The van der Waals surface area contributed by atoms with Gasteiger partial charge in [0, 0.05) is 11.6 Å². The van der Waals surface area contributed by atoms with Gasteiger partial charge in [-0.25, -0.2) is 0 Å². The highest BCUT2D eigenvalue weighted by Gasteiger charge is 2.28. The van der Waals surface area contributed by atoms with E-state index in [0.717, 1.165) is 17.9 Å². The number of benzene rings is 2. The SMILES string of the molecule is C[C@@H]1[C@H](C)CCC[C@H]1NC(=O)c1ccc(Oc2ccccc2)cc1. The maximum absolute atomic E-state index is 12.5. The zero-order valence-corrected chi connectivity index (χ0v) is 14.4. The van der Waals surface area contributed by atoms with Crippen molar-refractivity contribution in [3.8, 4) is 11.5 Å². The van der Waals surface area contributed by atoms with E-state index in [-0.39, 0.29) is 11.9 Å². The Bertz CT molecular complexity index is 666. The third kappa shape index (κ3) is 3.97. The summed E-state index contributed by atoms with van der Waals surface area (Å²) in [6, 6.07) is 17.2. The molecule has 0 unspecified atom stereocenters. The van der Waals surface area contributed by atoms with E-state index in [0.29, 0.717) is 17.4 Å². The first kappa shape index (κ1) is 16.6. The molecule has 3 rings (SSSR count). The summed E-state index contributed by atoms with van der Waals surface area (Å²) in [6.07, 6.45) is 3.53. The molecule has 0 aliphatic heterocycles. The number of ether oxygens (including phenoxy) is 1. The van der Waals surface area contributed by atoms with Crippen molar-refractivity contribution in [1.82, 2.24) is 5.32 Å². The lowest BCUT2D eigenvalue weighted by atomic mass is 9.78. The van der Waals surface area contributed by atoms with Gasteiger partial charge >= 0.3 is 0 Å². The molecule has 3 heteroatoms. The molecule has 1 saturated carbocycles. The minimum absolute atomic E-state index is 0.00668. The molecule has 3 nitrogen and oxygen atoms in total. The number of carbonyl (C=O) groups is 1. The molecule has 0 spiro atoms. The molecule has 126 valence electrons. The van der Waals surface area contributed by atoms with Gasteiger partial charge in [-0.05, 0) is 54.7 Å². The zero-order chi connectivity index (χ0) is 16.9. The Morgan fingerprint density at radius 1 is 0.958 bits per heavy atom. The largest absolute Gasteiger partial charge is 0.457 e. The lowest BCUT2D eigenvalue weighted by molar-refractivity contribution is 0.0891. The van der Waals surface area contributed by atoms with Gasteiger partial charge < -0.3 is 10.1 Å². The van der Waals surface area contributed by atoms with Gasteiger partial charge in [0.1, 0.15) is 11.5 Å². The summed E-state index contributed by atoms with van der Waals surface area (Å²) in [6.45, 7) is 4.52. The van der Waals surface area contributed by atoms with Crippen molar-refractivity contribution in [1.29, 1.82) is 0 Å². The minimum Gasteiger partial charge on any atom is -0.457 e. The van der Waals surface area contributed by atoms with Crippen molar-refractivity contribution in [3.05, 3.63) is 60.2 Å². The van der Waals surface area contributed by atoms with E-state index < -0.39 is 0 Å². The van der Waals surface area contributed by atoms with Gasteiger partial charge in [-0.2, -0.15) is 0 Å². The lowest BCUT2D eigenvalue weighted by Crippen LogP contribution is -2.43. The normalized spacial score (nSPS) is 23.5. The molecule has 1 amide bonds. The number of carbonyl (C=O) groups excluding carboxylic acids is 1. The van der Waals surface area contributed by atoms with Crippen LogP contribution < -0.4 is 10.1 Å². The fourth-order valence-corrected chi connectivity index (χ4v) is 3.34. The molecular weight excluding hydrogens is 298 g/mol. The number of para-hydroxylation sites is 1. The van der Waals surface area contributed by atoms with Crippen LogP contribution >= 0.6 is 0 Å². The first-order valence-electron chi connectivity index (χ1n) is 8.77. The number of amides is 1. The highest BCUT2D eigenvalue weighted by atomic mass is 16.5. The fourth-order valence-electron chi connectivity index (χ4n) is 3.34. The molecule has 0 aromatic heterocycles. The van der Waals surface area contributed by atoms with Crippen LogP contribution in [-0.2, 0) is 0 Å². The van der Waals surface area contributed by atoms with Crippen LogP contribution in [0.1, 0.15) is 43.5 Å². The molecule has 1 N–H and O–H groups in total. The van der Waals surface area contributed by atoms with E-state index >= 15 is 0 Å². The van der Waals surface area contributed by atoms with Crippen molar-refractivity contribution in [2.24, 2.45) is 11.8 Å². The monoisotopic (exact) mass is 323 g/mol. The Labute approximate surface area is 144 Å². The molecular formula is C21H25NO2. The minimum atomic E-state index is 0.00668. The quantitative estimate of drug-likeness (QED) is 0.856. The molecule has 0 saturated heterocycles. The first-order valence-corrected chi connectivity index (χ1v) is 8.77. The summed E-state index contributed by atoms with van der Waals surface area (Å²) >= 11 is 0. The van der Waals surface area contributed by atoms with Crippen LogP contribution in [0.3, 0.4) is 0 Å². The first-order chi connectivity index (χ1) is 11.6. The third-order valence-corrected chi connectivity index (χ3v) is 5.12. The van der Waals surface area contributed by atoms with Crippen LogP contribution in [0.2, 0.25) is 0 Å². The molecule has 1 aliphatic carbocycles. The van der Waals surface area contributed by atoms with Crippen molar-refractivity contribution in [3.63, 3.8) is 0 Å². The van der Waals surface area contributed by atoms with Gasteiger partial charge in [-0.3, -0.25) is 4.79 Å². The van der Waals surface area contributed by atoms with Crippen LogP contribution in [0.5, 0.6) is 11.5 Å². The fraction of sp³-hybridized carbons (Fsp3) is 0.381. The van der Waals surface area contributed by atoms with E-state index in [1.807, 2.05) is 54.6 Å². The average molecular weight is 323 g/mol. The summed E-state index contributed by atoms with van der Waals surface area (Å²) in [5, 5.41) is 3.20. The standard InChI is InChI=1S/C21H25NO2/c1-15-7-6-10-20(16(15)2)22-21(23)17-11-13-19(14-12-17)24-18-8-4-3-5-9-18/h3-5,8-9,11-16,20H,6-7,10H2,1-2H3,(H,22,23)/t15-,16-,20-/m1/s1. The maximum Gasteiger partial charge on any atom is 0.251 e. The van der Waals surface area contributed by atoms with Crippen LogP contribution in [0, 0.1) is 11.8 Å². The summed E-state index contributed by atoms with van der Waals surface area (Å²) in [7, 11) is 0. The van der Waals surface area contributed by atoms with Gasteiger partial charge in [0.2, 0.25) is 0 Å². The summed E-state index contributed by atoms with van der Waals surface area (Å²) < 4.78 is 5.76. The topological polar surface area (TPSA) is 38.3 Å². The molecule has 24 heavy (non-hydrogen) atoms. The van der Waals surface area contributed by atoms with Gasteiger partial charge in [-0.15, -0.1) is 0 Å². The van der Waals surface area contributed by atoms with Crippen molar-refractivity contribution in [2.75, 3.05) is 0 Å². The zero-order valence-electron chi connectivity index (χ0n) is 14.4. The molecule has 0 heterocycles. The van der Waals surface area contributed by atoms with Crippen LogP contribution in [0.15, 0.2) is 54.6 Å². The second-order valence-corrected chi connectivity index (χ2v) is 6.79. The highest BCUT2D eigenvalue weighted by Crippen LogP contribution is 2.29. The van der Waals surface area contributed by atoms with E-state index in [4.69, 9.17) is 4.74 Å². The van der Waals surface area contributed by atoms with E-state index in [1.54, 1.807) is 0 Å². The number of hydrogen-bond acceptors (Lipinski definition) is 2. The Hall–Kier alpha value is -2.29. The van der Waals surface area contributed by atoms with Gasteiger partial charge in [0.25, 0.3) is 5.91 Å². The van der Waals surface area contributed by atoms with Crippen molar-refractivity contribution < 1.29 is 9.53 Å². The highest BCUT2D eigenvalue weighted by molar-refractivity contribution is 5.94. The molecule has 3 atom stereocenters. The molecule has 2 aromatic rings. The van der Waals surface area contributed by atoms with E-state index in [2.05, 4.69) is 19.2 Å². The second-order valence-electron chi connectivity index (χ2n) is 6.79. The van der Waals surface area contributed by atoms with E-state index in [1.165, 1.54) is 12.8 Å². The van der Waals surface area contributed by atoms with Crippen LogP contribution in [0.25, 0.3) is 0 Å². The van der Waals surface area contributed by atoms with Crippen LogP contribution in [-0.4, -0.2) is 11.9 Å². The summed E-state index contributed by atoms with van der Waals surface area (Å²) in [4.78, 5) is 12.5. The number of rotatable bonds is 4. The molecule has 2 aromatic carbocycles. The van der Waals surface area contributed by atoms with Crippen molar-refractivity contribution >= 4 is 5.91 Å². The average Bonchev–Trinajstić information content (AvgIpc) is 2.60. The van der Waals surface area contributed by atoms with Gasteiger partial charge in [0.05, 0.1) is 0 Å². The van der Waals surface area contributed by atoms with Gasteiger partial charge in [0.15, 0.2) is 0 Å². The number of hydrogen-bond donors (Lipinski definition) is 1. The Morgan fingerprint density at radius 3 is 2.33 bits per heavy atom. The summed E-state index contributed by atoms with van der Waals surface area (Å²) in [5.74, 6) is 2.73. The molecule has 1 fully saturated rings. The Kier molecular flexibility index (Phi) is 5.19. The van der Waals surface area contributed by atoms with E-state index in [9.17, 15) is 4.79 Å². The van der Waals surface area contributed by atoms with Crippen LogP contribution in [0.4, 0.5) is 0 Å². The third-order valence-electron chi connectivity index (χ3n) is 5.12. The summed E-state index contributed by atoms with van der Waals surface area (Å²) in [5.41, 5.74) is 0.681. The lowest BCUT2D eigenvalue weighted by Gasteiger charge is -2.34. The predicted octanol–water partition coefficient (Wildman–Crippen LogP) is 5.03. The maximum atomic E-state index is 12.5. The number of nitrogens with one attached hydrogen (secondary N) is 1. The smallest absolute Gasteiger partial charge is 0.251 e. The van der Waals surface area contributed by atoms with Gasteiger partial charge in [-0.1, -0.05) is 44.9 Å². The Morgan fingerprint density at radius 2 is 1.62 bits per heavy atom. The molecule has 0 radical (unpaired) electrons. The molecule has 0 bridgehead atoms. The van der Waals surface area contributed by atoms with Crippen molar-refractivity contribution in [2.45, 2.75) is 39.2 Å². The molecule has 1 aliphatic rings. The second kappa shape index (κ2) is 7.52. The predicted molar refractivity (Wildman–Crippen MR) is 96.4 cm³/mol. The Balaban J connectivity index is 1.61.